The Morgan fingerprint density at radius 2 is 2.36 bits per heavy atom. The average molecular weight is 191 g/mol. The van der Waals surface area contributed by atoms with Gasteiger partial charge in [0.2, 0.25) is 0 Å². The predicted molar refractivity (Wildman–Crippen MR) is 58.8 cm³/mol. The molecule has 0 bridgehead atoms. The Labute approximate surface area is 85.3 Å². The highest BCUT2D eigenvalue weighted by Gasteiger charge is 1.94. The van der Waals surface area contributed by atoms with Crippen LogP contribution in [-0.2, 0) is 0 Å². The molecule has 0 aromatic carbocycles. The normalized spacial score (nSPS) is 11.7. The highest BCUT2D eigenvalue weighted by atomic mass is 14.8. The SMILES string of the molecule is CCNCC(=Cc1ccncn1)CC. The standard InChI is InChI=1S/C11H17N3/c1-3-10(8-12-4-2)7-11-5-6-13-9-14-11/h5-7,9,12H,3-4,8H2,1-2H3. The maximum Gasteiger partial charge on any atom is 0.115 e. The minimum absolute atomic E-state index is 0.941. The van der Waals surface area contributed by atoms with E-state index in [4.69, 9.17) is 0 Å². The topological polar surface area (TPSA) is 37.8 Å². The van der Waals surface area contributed by atoms with E-state index in [2.05, 4.69) is 35.2 Å². The number of rotatable bonds is 5. The zero-order chi connectivity index (χ0) is 10.2. The van der Waals surface area contributed by atoms with Crippen molar-refractivity contribution in [2.24, 2.45) is 0 Å². The van der Waals surface area contributed by atoms with Gasteiger partial charge in [-0.05, 0) is 25.1 Å². The Hall–Kier alpha value is -1.22. The average Bonchev–Trinajstić information content (AvgIpc) is 2.25. The maximum atomic E-state index is 4.16. The number of nitrogens with zero attached hydrogens (tertiary/aromatic N) is 2. The first-order valence-corrected chi connectivity index (χ1v) is 5.03. The lowest BCUT2D eigenvalue weighted by atomic mass is 10.1. The van der Waals surface area contributed by atoms with Crippen LogP contribution in [0, 0.1) is 0 Å². The molecule has 0 fully saturated rings. The van der Waals surface area contributed by atoms with Gasteiger partial charge in [-0.2, -0.15) is 0 Å². The lowest BCUT2D eigenvalue weighted by Gasteiger charge is -2.04. The second-order valence-corrected chi connectivity index (χ2v) is 3.07. The monoisotopic (exact) mass is 191 g/mol. The van der Waals surface area contributed by atoms with Gasteiger partial charge in [0.05, 0.1) is 5.69 Å². The molecule has 1 heterocycles. The van der Waals surface area contributed by atoms with Crippen LogP contribution in [-0.4, -0.2) is 23.1 Å². The first kappa shape index (κ1) is 10.9. The van der Waals surface area contributed by atoms with Crippen LogP contribution < -0.4 is 5.32 Å². The van der Waals surface area contributed by atoms with Gasteiger partial charge in [-0.1, -0.05) is 19.4 Å². The van der Waals surface area contributed by atoms with Gasteiger partial charge in [0.25, 0.3) is 0 Å². The van der Waals surface area contributed by atoms with Crippen molar-refractivity contribution in [3.8, 4) is 0 Å². The van der Waals surface area contributed by atoms with E-state index >= 15 is 0 Å². The van der Waals surface area contributed by atoms with Gasteiger partial charge in [0.1, 0.15) is 6.33 Å². The van der Waals surface area contributed by atoms with E-state index in [1.165, 1.54) is 5.57 Å². The van der Waals surface area contributed by atoms with E-state index in [1.54, 1.807) is 12.5 Å². The molecule has 3 nitrogen and oxygen atoms in total. The largest absolute Gasteiger partial charge is 0.313 e. The van der Waals surface area contributed by atoms with Crippen LogP contribution in [0.3, 0.4) is 0 Å². The second kappa shape index (κ2) is 6.27. The fourth-order valence-electron chi connectivity index (χ4n) is 1.16. The molecule has 0 spiro atoms. The molecule has 14 heavy (non-hydrogen) atoms. The summed E-state index contributed by atoms with van der Waals surface area (Å²) >= 11 is 0. The van der Waals surface area contributed by atoms with Crippen LogP contribution in [0.15, 0.2) is 24.2 Å². The minimum atomic E-state index is 0.941. The summed E-state index contributed by atoms with van der Waals surface area (Å²) in [5.74, 6) is 0. The first-order chi connectivity index (χ1) is 6.86. The van der Waals surface area contributed by atoms with Crippen LogP contribution in [0.2, 0.25) is 0 Å². The van der Waals surface area contributed by atoms with Gasteiger partial charge in [0, 0.05) is 12.7 Å². The molecule has 0 aliphatic heterocycles. The van der Waals surface area contributed by atoms with Crippen LogP contribution >= 0.6 is 0 Å². The zero-order valence-electron chi connectivity index (χ0n) is 8.83. The van der Waals surface area contributed by atoms with Crippen molar-refractivity contribution in [1.82, 2.24) is 15.3 Å². The molecule has 0 amide bonds. The molecule has 0 unspecified atom stereocenters. The van der Waals surface area contributed by atoms with Gasteiger partial charge in [0.15, 0.2) is 0 Å². The lowest BCUT2D eigenvalue weighted by Crippen LogP contribution is -2.15. The van der Waals surface area contributed by atoms with Crippen molar-refractivity contribution in [2.75, 3.05) is 13.1 Å². The number of nitrogens with one attached hydrogen (secondary N) is 1. The van der Waals surface area contributed by atoms with Gasteiger partial charge in [-0.3, -0.25) is 0 Å². The summed E-state index contributed by atoms with van der Waals surface area (Å²) < 4.78 is 0. The van der Waals surface area contributed by atoms with Gasteiger partial charge in [-0.25, -0.2) is 9.97 Å². The van der Waals surface area contributed by atoms with Crippen LogP contribution in [0.5, 0.6) is 0 Å². The molecule has 0 saturated carbocycles. The molecule has 0 atom stereocenters. The number of aromatic nitrogens is 2. The molecule has 1 aromatic rings. The van der Waals surface area contributed by atoms with Gasteiger partial charge in [-0.15, -0.1) is 0 Å². The van der Waals surface area contributed by atoms with Gasteiger partial charge < -0.3 is 5.32 Å². The third kappa shape index (κ3) is 3.66. The molecule has 0 radical (unpaired) electrons. The highest BCUT2D eigenvalue weighted by Crippen LogP contribution is 2.05. The summed E-state index contributed by atoms with van der Waals surface area (Å²) in [6.07, 6.45) is 6.51. The van der Waals surface area contributed by atoms with E-state index in [0.717, 1.165) is 25.2 Å². The Balaban J connectivity index is 2.64. The molecule has 1 rings (SSSR count). The van der Waals surface area contributed by atoms with Crippen LogP contribution in [0.25, 0.3) is 6.08 Å². The smallest absolute Gasteiger partial charge is 0.115 e. The molecular weight excluding hydrogens is 174 g/mol. The lowest BCUT2D eigenvalue weighted by molar-refractivity contribution is 0.762. The summed E-state index contributed by atoms with van der Waals surface area (Å²) in [5, 5.41) is 3.31. The van der Waals surface area contributed by atoms with Crippen molar-refractivity contribution in [2.45, 2.75) is 20.3 Å². The molecular formula is C11H17N3. The minimum Gasteiger partial charge on any atom is -0.313 e. The summed E-state index contributed by atoms with van der Waals surface area (Å²) in [4.78, 5) is 8.04. The summed E-state index contributed by atoms with van der Waals surface area (Å²) in [6, 6.07) is 1.92. The highest BCUT2D eigenvalue weighted by molar-refractivity contribution is 5.48. The Bertz CT molecular complexity index is 280. The second-order valence-electron chi connectivity index (χ2n) is 3.07. The molecule has 1 N–H and O–H groups in total. The third-order valence-corrected chi connectivity index (χ3v) is 2.01. The summed E-state index contributed by atoms with van der Waals surface area (Å²) in [7, 11) is 0. The fourth-order valence-corrected chi connectivity index (χ4v) is 1.16. The number of hydrogen-bond acceptors (Lipinski definition) is 3. The summed E-state index contributed by atoms with van der Waals surface area (Å²) in [6.45, 7) is 6.21. The Morgan fingerprint density at radius 3 is 2.93 bits per heavy atom. The number of likely N-dealkylation sites (N-methyl/N-ethyl adjacent to an activating group) is 1. The van der Waals surface area contributed by atoms with Crippen molar-refractivity contribution in [1.29, 1.82) is 0 Å². The van der Waals surface area contributed by atoms with E-state index in [1.807, 2.05) is 6.07 Å². The van der Waals surface area contributed by atoms with Crippen molar-refractivity contribution < 1.29 is 0 Å². The molecule has 3 heteroatoms. The van der Waals surface area contributed by atoms with Crippen molar-refractivity contribution in [3.05, 3.63) is 29.9 Å². The Morgan fingerprint density at radius 1 is 1.50 bits per heavy atom. The van der Waals surface area contributed by atoms with Crippen molar-refractivity contribution in [3.63, 3.8) is 0 Å². The quantitative estimate of drug-likeness (QED) is 0.772. The van der Waals surface area contributed by atoms with Crippen LogP contribution in [0.4, 0.5) is 0 Å². The molecule has 0 aliphatic rings. The third-order valence-electron chi connectivity index (χ3n) is 2.01. The predicted octanol–water partition coefficient (Wildman–Crippen LogP) is 1.88. The van der Waals surface area contributed by atoms with Crippen LogP contribution in [0.1, 0.15) is 26.0 Å². The fraction of sp³-hybridized carbons (Fsp3) is 0.455. The van der Waals surface area contributed by atoms with E-state index < -0.39 is 0 Å². The molecule has 0 aliphatic carbocycles. The van der Waals surface area contributed by atoms with E-state index in [-0.39, 0.29) is 0 Å². The van der Waals surface area contributed by atoms with Crippen molar-refractivity contribution >= 4 is 6.08 Å². The Kier molecular flexibility index (Phi) is 4.86. The van der Waals surface area contributed by atoms with Gasteiger partial charge >= 0.3 is 0 Å². The van der Waals surface area contributed by atoms with E-state index in [9.17, 15) is 0 Å². The zero-order valence-corrected chi connectivity index (χ0v) is 8.83. The molecule has 76 valence electrons. The number of hydrogen-bond donors (Lipinski definition) is 1. The molecule has 0 saturated heterocycles. The van der Waals surface area contributed by atoms with E-state index in [0.29, 0.717) is 0 Å². The first-order valence-electron chi connectivity index (χ1n) is 5.03. The maximum absolute atomic E-state index is 4.16. The molecule has 1 aromatic heterocycles. The summed E-state index contributed by atoms with van der Waals surface area (Å²) in [5.41, 5.74) is 2.35.